The molecular weight excluding hydrogens is 446 g/mol. The Bertz CT molecular complexity index is 1240. The smallest absolute Gasteiger partial charge is 0.255 e. The van der Waals surface area contributed by atoms with E-state index in [9.17, 15) is 13.2 Å². The van der Waals surface area contributed by atoms with Gasteiger partial charge < -0.3 is 5.32 Å². The Morgan fingerprint density at radius 1 is 0.794 bits per heavy atom. The maximum atomic E-state index is 12.9. The molecule has 1 fully saturated rings. The lowest BCUT2D eigenvalue weighted by Gasteiger charge is -2.34. The van der Waals surface area contributed by atoms with Crippen molar-refractivity contribution in [3.05, 3.63) is 94.5 Å². The van der Waals surface area contributed by atoms with E-state index in [0.717, 1.165) is 34.5 Å². The quantitative estimate of drug-likeness (QED) is 0.572. The lowest BCUT2D eigenvalue weighted by atomic mass is 10.1. The van der Waals surface area contributed by atoms with E-state index >= 15 is 0 Å². The number of hydrogen-bond acceptors (Lipinski definition) is 4. The van der Waals surface area contributed by atoms with Crippen molar-refractivity contribution >= 4 is 21.6 Å². The number of carbonyl (C=O) groups excluding carboxylic acids is 1. The fourth-order valence-corrected chi connectivity index (χ4v) is 5.68. The van der Waals surface area contributed by atoms with Gasteiger partial charge in [0.05, 0.1) is 4.90 Å². The fourth-order valence-electron chi connectivity index (χ4n) is 4.26. The predicted octanol–water partition coefficient (Wildman–Crippen LogP) is 4.37. The van der Waals surface area contributed by atoms with Crippen molar-refractivity contribution in [3.8, 4) is 0 Å². The number of benzene rings is 3. The van der Waals surface area contributed by atoms with Gasteiger partial charge in [-0.25, -0.2) is 8.42 Å². The van der Waals surface area contributed by atoms with Gasteiger partial charge in [-0.2, -0.15) is 4.31 Å². The third-order valence-electron chi connectivity index (χ3n) is 6.09. The van der Waals surface area contributed by atoms with Crippen LogP contribution in [0.25, 0.3) is 0 Å². The Morgan fingerprint density at radius 2 is 1.38 bits per heavy atom. The van der Waals surface area contributed by atoms with Crippen molar-refractivity contribution in [2.75, 3.05) is 31.5 Å². The Hall–Kier alpha value is -3.00. The monoisotopic (exact) mass is 477 g/mol. The molecule has 1 heterocycles. The number of aryl methyl sites for hydroxylation is 3. The molecule has 1 amide bonds. The molecule has 3 aromatic rings. The van der Waals surface area contributed by atoms with Crippen molar-refractivity contribution in [1.82, 2.24) is 9.21 Å². The first-order chi connectivity index (χ1) is 16.2. The second-order valence-corrected chi connectivity index (χ2v) is 11.0. The number of sulfonamides is 1. The number of amides is 1. The van der Waals surface area contributed by atoms with Gasteiger partial charge in [0.1, 0.15) is 0 Å². The third kappa shape index (κ3) is 5.73. The summed E-state index contributed by atoms with van der Waals surface area (Å²) in [6, 6.07) is 20.6. The molecule has 34 heavy (non-hydrogen) atoms. The van der Waals surface area contributed by atoms with Crippen LogP contribution >= 0.6 is 0 Å². The molecule has 0 atom stereocenters. The molecule has 0 unspecified atom stereocenters. The van der Waals surface area contributed by atoms with Crippen LogP contribution in [0.5, 0.6) is 0 Å². The lowest BCUT2D eigenvalue weighted by Crippen LogP contribution is -2.48. The maximum absolute atomic E-state index is 12.9. The van der Waals surface area contributed by atoms with Gasteiger partial charge in [-0.05, 0) is 73.9 Å². The van der Waals surface area contributed by atoms with Crippen LogP contribution in [0.2, 0.25) is 0 Å². The van der Waals surface area contributed by atoms with E-state index < -0.39 is 10.0 Å². The molecule has 0 radical (unpaired) electrons. The minimum atomic E-state index is -3.46. The van der Waals surface area contributed by atoms with Crippen LogP contribution in [0.15, 0.2) is 71.6 Å². The van der Waals surface area contributed by atoms with Crippen molar-refractivity contribution < 1.29 is 13.2 Å². The number of rotatable bonds is 6. The van der Waals surface area contributed by atoms with Gasteiger partial charge in [0.2, 0.25) is 10.0 Å². The number of nitrogens with one attached hydrogen (secondary N) is 1. The van der Waals surface area contributed by atoms with E-state index in [1.165, 1.54) is 0 Å². The average Bonchev–Trinajstić information content (AvgIpc) is 2.79. The van der Waals surface area contributed by atoms with E-state index in [-0.39, 0.29) is 5.91 Å². The summed E-state index contributed by atoms with van der Waals surface area (Å²) in [6.45, 7) is 8.94. The van der Waals surface area contributed by atoms with Gasteiger partial charge in [0.25, 0.3) is 5.91 Å². The number of nitrogens with zero attached hydrogens (tertiary/aromatic N) is 2. The minimum absolute atomic E-state index is 0.133. The van der Waals surface area contributed by atoms with Crippen LogP contribution in [0.4, 0.5) is 5.69 Å². The highest BCUT2D eigenvalue weighted by Crippen LogP contribution is 2.20. The van der Waals surface area contributed by atoms with Crippen molar-refractivity contribution in [2.24, 2.45) is 0 Å². The Kier molecular flexibility index (Phi) is 7.16. The molecule has 4 rings (SSSR count). The summed E-state index contributed by atoms with van der Waals surface area (Å²) in [5, 5.41) is 2.96. The van der Waals surface area contributed by atoms with Crippen LogP contribution in [-0.4, -0.2) is 49.7 Å². The largest absolute Gasteiger partial charge is 0.322 e. The first-order valence-electron chi connectivity index (χ1n) is 11.5. The van der Waals surface area contributed by atoms with Crippen molar-refractivity contribution in [1.29, 1.82) is 0 Å². The molecule has 0 bridgehead atoms. The molecular formula is C27H31N3O3S. The second-order valence-electron chi connectivity index (χ2n) is 9.02. The molecule has 178 valence electrons. The molecule has 1 aliphatic heterocycles. The minimum Gasteiger partial charge on any atom is -0.322 e. The lowest BCUT2D eigenvalue weighted by molar-refractivity contribution is 0.102. The van der Waals surface area contributed by atoms with Gasteiger partial charge in [-0.1, -0.05) is 35.9 Å². The van der Waals surface area contributed by atoms with Gasteiger partial charge >= 0.3 is 0 Å². The summed E-state index contributed by atoms with van der Waals surface area (Å²) < 4.78 is 27.4. The molecule has 0 aromatic heterocycles. The predicted molar refractivity (Wildman–Crippen MR) is 136 cm³/mol. The summed E-state index contributed by atoms with van der Waals surface area (Å²) in [6.07, 6.45) is 0. The molecule has 0 saturated carbocycles. The second kappa shape index (κ2) is 10.1. The van der Waals surface area contributed by atoms with Crippen molar-refractivity contribution in [2.45, 2.75) is 32.2 Å². The highest BCUT2D eigenvalue weighted by atomic mass is 32.2. The summed E-state index contributed by atoms with van der Waals surface area (Å²) in [5.74, 6) is -0.133. The van der Waals surface area contributed by atoms with E-state index in [1.807, 2.05) is 69.3 Å². The molecule has 6 nitrogen and oxygen atoms in total. The molecule has 1 N–H and O–H groups in total. The third-order valence-corrected chi connectivity index (χ3v) is 8.00. The summed E-state index contributed by atoms with van der Waals surface area (Å²) in [7, 11) is -3.46. The Balaban J connectivity index is 1.32. The zero-order valence-corrected chi connectivity index (χ0v) is 20.7. The van der Waals surface area contributed by atoms with E-state index in [2.05, 4.69) is 16.3 Å². The van der Waals surface area contributed by atoms with Gasteiger partial charge in [0.15, 0.2) is 0 Å². The van der Waals surface area contributed by atoms with E-state index in [1.54, 1.807) is 16.4 Å². The van der Waals surface area contributed by atoms with Crippen LogP contribution in [0.3, 0.4) is 0 Å². The average molecular weight is 478 g/mol. The number of piperazine rings is 1. The summed E-state index contributed by atoms with van der Waals surface area (Å²) in [5.41, 5.74) is 5.76. The zero-order chi connectivity index (χ0) is 24.3. The highest BCUT2D eigenvalue weighted by molar-refractivity contribution is 7.89. The standard InChI is InChI=1S/C27H31N3O3S/c1-20-4-10-26(11-5-20)34(32,33)30-14-12-29(13-15-30)19-23-6-8-24(9-7-23)27(31)28-25-17-21(2)16-22(3)18-25/h4-11,16-18H,12-15,19H2,1-3H3,(H,28,31). The van der Waals surface area contributed by atoms with Crippen LogP contribution in [0.1, 0.15) is 32.6 Å². The zero-order valence-electron chi connectivity index (χ0n) is 19.9. The summed E-state index contributed by atoms with van der Waals surface area (Å²) in [4.78, 5) is 15.2. The number of hydrogen-bond donors (Lipinski definition) is 1. The Morgan fingerprint density at radius 3 is 1.97 bits per heavy atom. The van der Waals surface area contributed by atoms with E-state index in [0.29, 0.717) is 36.6 Å². The Labute approximate surface area is 202 Å². The molecule has 0 spiro atoms. The van der Waals surface area contributed by atoms with Crippen molar-refractivity contribution in [3.63, 3.8) is 0 Å². The van der Waals surface area contributed by atoms with Crippen LogP contribution in [-0.2, 0) is 16.6 Å². The summed E-state index contributed by atoms with van der Waals surface area (Å²) >= 11 is 0. The molecule has 1 aliphatic rings. The maximum Gasteiger partial charge on any atom is 0.255 e. The number of anilines is 1. The fraction of sp³-hybridized carbons (Fsp3) is 0.296. The highest BCUT2D eigenvalue weighted by Gasteiger charge is 2.28. The van der Waals surface area contributed by atoms with Gasteiger partial charge in [-0.3, -0.25) is 9.69 Å². The molecule has 0 aliphatic carbocycles. The molecule has 7 heteroatoms. The van der Waals surface area contributed by atoms with Gasteiger partial charge in [0, 0.05) is 44.0 Å². The van der Waals surface area contributed by atoms with E-state index in [4.69, 9.17) is 0 Å². The first-order valence-corrected chi connectivity index (χ1v) is 12.9. The molecule has 3 aromatic carbocycles. The van der Waals surface area contributed by atoms with Crippen LogP contribution in [0, 0.1) is 20.8 Å². The van der Waals surface area contributed by atoms with Crippen LogP contribution < -0.4 is 5.32 Å². The van der Waals surface area contributed by atoms with Gasteiger partial charge in [-0.15, -0.1) is 0 Å². The first kappa shape index (κ1) is 24.1. The normalized spacial score (nSPS) is 15.3. The topological polar surface area (TPSA) is 69.7 Å². The number of carbonyl (C=O) groups is 1. The molecule has 1 saturated heterocycles. The SMILES string of the molecule is Cc1ccc(S(=O)(=O)N2CCN(Cc3ccc(C(=O)Nc4cc(C)cc(C)c4)cc3)CC2)cc1.